The van der Waals surface area contributed by atoms with Crippen LogP contribution in [0.1, 0.15) is 0 Å². The van der Waals surface area contributed by atoms with E-state index in [4.69, 9.17) is 32.7 Å². The molecule has 2 nitrogen and oxygen atoms in total. The van der Waals surface area contributed by atoms with Crippen molar-refractivity contribution in [3.8, 4) is 22.6 Å². The quantitative estimate of drug-likeness (QED) is 0.814. The highest BCUT2D eigenvalue weighted by molar-refractivity contribution is 6.33. The van der Waals surface area contributed by atoms with Gasteiger partial charge >= 0.3 is 0 Å². The summed E-state index contributed by atoms with van der Waals surface area (Å²) in [6, 6.07) is 11.1. The second-order valence-electron chi connectivity index (χ2n) is 3.69. The van der Waals surface area contributed by atoms with Gasteiger partial charge < -0.3 is 9.47 Å². The molecule has 0 atom stereocenters. The Balaban J connectivity index is 2.54. The summed E-state index contributed by atoms with van der Waals surface area (Å²) in [5, 5.41) is 1.30. The molecule has 0 amide bonds. The van der Waals surface area contributed by atoms with E-state index in [1.165, 1.54) is 0 Å². The van der Waals surface area contributed by atoms with Gasteiger partial charge in [0.2, 0.25) is 0 Å². The Labute approximate surface area is 116 Å². The van der Waals surface area contributed by atoms with Gasteiger partial charge in [-0.05, 0) is 23.8 Å². The van der Waals surface area contributed by atoms with Crippen LogP contribution in [0.2, 0.25) is 10.0 Å². The predicted molar refractivity (Wildman–Crippen MR) is 75.0 cm³/mol. The molecule has 0 bridgehead atoms. The lowest BCUT2D eigenvalue weighted by atomic mass is 10.1. The van der Waals surface area contributed by atoms with Crippen molar-refractivity contribution in [3.05, 3.63) is 46.4 Å². The van der Waals surface area contributed by atoms with E-state index in [0.717, 1.165) is 11.1 Å². The maximum Gasteiger partial charge on any atom is 0.162 e. The van der Waals surface area contributed by atoms with Crippen LogP contribution < -0.4 is 9.47 Å². The number of halogens is 2. The Morgan fingerprint density at radius 3 is 1.94 bits per heavy atom. The van der Waals surface area contributed by atoms with E-state index >= 15 is 0 Å². The average molecular weight is 283 g/mol. The molecule has 0 heterocycles. The van der Waals surface area contributed by atoms with Crippen molar-refractivity contribution in [2.45, 2.75) is 0 Å². The minimum Gasteiger partial charge on any atom is -0.493 e. The van der Waals surface area contributed by atoms with Gasteiger partial charge in [-0.3, -0.25) is 0 Å². The first-order valence-corrected chi connectivity index (χ1v) is 6.08. The van der Waals surface area contributed by atoms with E-state index in [-0.39, 0.29) is 0 Å². The zero-order valence-electron chi connectivity index (χ0n) is 10.0. The lowest BCUT2D eigenvalue weighted by molar-refractivity contribution is 0.355. The molecule has 2 aromatic rings. The van der Waals surface area contributed by atoms with Crippen LogP contribution in [0.25, 0.3) is 11.1 Å². The number of hydrogen-bond donors (Lipinski definition) is 0. The van der Waals surface area contributed by atoms with E-state index in [1.807, 2.05) is 30.3 Å². The lowest BCUT2D eigenvalue weighted by Gasteiger charge is -2.11. The Hall–Kier alpha value is -1.38. The van der Waals surface area contributed by atoms with Crippen LogP contribution in [0.5, 0.6) is 11.5 Å². The molecule has 0 aliphatic rings. The van der Waals surface area contributed by atoms with Crippen LogP contribution in [0, 0.1) is 0 Å². The summed E-state index contributed by atoms with van der Waals surface area (Å²) in [6.07, 6.45) is 0. The number of ether oxygens (including phenoxy) is 2. The molecular weight excluding hydrogens is 271 g/mol. The highest BCUT2D eigenvalue weighted by Gasteiger charge is 2.11. The van der Waals surface area contributed by atoms with Gasteiger partial charge in [0.15, 0.2) is 11.5 Å². The topological polar surface area (TPSA) is 18.5 Å². The first kappa shape index (κ1) is 13.1. The van der Waals surface area contributed by atoms with Crippen molar-refractivity contribution in [2.24, 2.45) is 0 Å². The third-order valence-electron chi connectivity index (χ3n) is 2.63. The molecule has 0 aliphatic heterocycles. The molecule has 4 heteroatoms. The molecule has 0 unspecified atom stereocenters. The van der Waals surface area contributed by atoms with Crippen LogP contribution >= 0.6 is 23.2 Å². The highest BCUT2D eigenvalue weighted by Crippen LogP contribution is 2.38. The highest BCUT2D eigenvalue weighted by atomic mass is 35.5. The Morgan fingerprint density at radius 2 is 1.39 bits per heavy atom. The van der Waals surface area contributed by atoms with Gasteiger partial charge in [-0.1, -0.05) is 35.3 Å². The van der Waals surface area contributed by atoms with Gasteiger partial charge in [0.1, 0.15) is 0 Å². The molecule has 0 N–H and O–H groups in total. The molecule has 18 heavy (non-hydrogen) atoms. The zero-order chi connectivity index (χ0) is 13.1. The monoisotopic (exact) mass is 282 g/mol. The first-order valence-electron chi connectivity index (χ1n) is 5.33. The Kier molecular flexibility index (Phi) is 4.00. The summed E-state index contributed by atoms with van der Waals surface area (Å²) in [7, 11) is 3.17. The normalized spacial score (nSPS) is 10.2. The molecule has 2 rings (SSSR count). The molecule has 2 aromatic carbocycles. The molecular formula is C14H12Cl2O2. The van der Waals surface area contributed by atoms with E-state index in [1.54, 1.807) is 20.3 Å². The summed E-state index contributed by atoms with van der Waals surface area (Å²) in [5.41, 5.74) is 1.86. The average Bonchev–Trinajstić information content (AvgIpc) is 2.39. The molecule has 0 saturated carbocycles. The fourth-order valence-corrected chi connectivity index (χ4v) is 2.09. The summed E-state index contributed by atoms with van der Waals surface area (Å²) < 4.78 is 10.5. The van der Waals surface area contributed by atoms with Gasteiger partial charge in [-0.2, -0.15) is 0 Å². The first-order chi connectivity index (χ1) is 8.65. The van der Waals surface area contributed by atoms with Crippen LogP contribution in [0.15, 0.2) is 36.4 Å². The third kappa shape index (κ3) is 2.55. The van der Waals surface area contributed by atoms with Crippen molar-refractivity contribution < 1.29 is 9.47 Å². The van der Waals surface area contributed by atoms with Crippen molar-refractivity contribution in [1.82, 2.24) is 0 Å². The molecule has 0 saturated heterocycles. The maximum atomic E-state index is 6.24. The second kappa shape index (κ2) is 5.51. The number of benzene rings is 2. The van der Waals surface area contributed by atoms with Gasteiger partial charge in [0, 0.05) is 16.7 Å². The Bertz CT molecular complexity index is 550. The number of hydrogen-bond acceptors (Lipinski definition) is 2. The van der Waals surface area contributed by atoms with Crippen molar-refractivity contribution in [2.75, 3.05) is 14.2 Å². The van der Waals surface area contributed by atoms with Crippen molar-refractivity contribution in [3.63, 3.8) is 0 Å². The SMILES string of the molecule is COc1cc(Cl)c(-c2ccc(Cl)cc2)cc1OC. The van der Waals surface area contributed by atoms with Crippen LogP contribution in [-0.4, -0.2) is 14.2 Å². The summed E-state index contributed by atoms with van der Waals surface area (Å²) in [6.45, 7) is 0. The number of rotatable bonds is 3. The largest absolute Gasteiger partial charge is 0.493 e. The van der Waals surface area contributed by atoms with Gasteiger partial charge in [0.25, 0.3) is 0 Å². The van der Waals surface area contributed by atoms with Crippen molar-refractivity contribution >= 4 is 23.2 Å². The van der Waals surface area contributed by atoms with Gasteiger partial charge in [-0.25, -0.2) is 0 Å². The van der Waals surface area contributed by atoms with Gasteiger partial charge in [-0.15, -0.1) is 0 Å². The van der Waals surface area contributed by atoms with E-state index in [0.29, 0.717) is 21.5 Å². The van der Waals surface area contributed by atoms with Gasteiger partial charge in [0.05, 0.1) is 19.2 Å². The van der Waals surface area contributed by atoms with Crippen molar-refractivity contribution in [1.29, 1.82) is 0 Å². The standard InChI is InChI=1S/C14H12Cl2O2/c1-17-13-7-11(12(16)8-14(13)18-2)9-3-5-10(15)6-4-9/h3-8H,1-2H3. The van der Waals surface area contributed by atoms with E-state index in [9.17, 15) is 0 Å². The van der Waals surface area contributed by atoms with Crippen LogP contribution in [-0.2, 0) is 0 Å². The smallest absolute Gasteiger partial charge is 0.162 e. The van der Waals surface area contributed by atoms with Crippen LogP contribution in [0.3, 0.4) is 0 Å². The Morgan fingerprint density at radius 1 is 0.833 bits per heavy atom. The fraction of sp³-hybridized carbons (Fsp3) is 0.143. The zero-order valence-corrected chi connectivity index (χ0v) is 11.5. The van der Waals surface area contributed by atoms with Crippen LogP contribution in [0.4, 0.5) is 0 Å². The fourth-order valence-electron chi connectivity index (χ4n) is 1.70. The minimum atomic E-state index is 0.606. The number of methoxy groups -OCH3 is 2. The predicted octanol–water partition coefficient (Wildman–Crippen LogP) is 4.68. The molecule has 0 aliphatic carbocycles. The molecule has 94 valence electrons. The summed E-state index contributed by atoms with van der Waals surface area (Å²) in [5.74, 6) is 1.26. The molecule has 0 radical (unpaired) electrons. The van der Waals surface area contributed by atoms with E-state index < -0.39 is 0 Å². The second-order valence-corrected chi connectivity index (χ2v) is 4.54. The third-order valence-corrected chi connectivity index (χ3v) is 3.19. The molecule has 0 spiro atoms. The minimum absolute atomic E-state index is 0.606. The maximum absolute atomic E-state index is 6.24. The van der Waals surface area contributed by atoms with E-state index in [2.05, 4.69) is 0 Å². The summed E-state index contributed by atoms with van der Waals surface area (Å²) >= 11 is 12.1. The lowest BCUT2D eigenvalue weighted by Crippen LogP contribution is -1.91. The molecule has 0 fully saturated rings. The molecule has 0 aromatic heterocycles. The summed E-state index contributed by atoms with van der Waals surface area (Å²) in [4.78, 5) is 0.